The van der Waals surface area contributed by atoms with Crippen LogP contribution < -0.4 is 5.32 Å². The molecular formula is C19H20ClN3O4. The number of para-hydroxylation sites is 1. The highest BCUT2D eigenvalue weighted by atomic mass is 35.5. The largest absolute Gasteiger partial charge is 0.459 e. The summed E-state index contributed by atoms with van der Waals surface area (Å²) < 4.78 is 5.15. The normalized spacial score (nSPS) is 16.2. The molecular weight excluding hydrogens is 370 g/mol. The quantitative estimate of drug-likeness (QED) is 0.852. The Labute approximate surface area is 161 Å². The molecule has 1 aliphatic rings. The number of furan rings is 1. The van der Waals surface area contributed by atoms with E-state index in [0.717, 1.165) is 6.42 Å². The first-order valence-electron chi connectivity index (χ1n) is 8.61. The topological polar surface area (TPSA) is 82.9 Å². The molecule has 27 heavy (non-hydrogen) atoms. The number of rotatable bonds is 5. The zero-order valence-corrected chi connectivity index (χ0v) is 15.6. The highest BCUT2D eigenvalue weighted by molar-refractivity contribution is 6.33. The van der Waals surface area contributed by atoms with Crippen LogP contribution in [0.25, 0.3) is 0 Å². The molecule has 1 N–H and O–H groups in total. The molecule has 0 bridgehead atoms. The average Bonchev–Trinajstić information content (AvgIpc) is 3.34. The maximum absolute atomic E-state index is 12.8. The van der Waals surface area contributed by atoms with Gasteiger partial charge in [0.05, 0.1) is 23.5 Å². The SMILES string of the molecule is CN(CC(=O)Nc1ccccc1Cl)C(=O)C1CCCN1C(=O)c1ccco1. The minimum Gasteiger partial charge on any atom is -0.459 e. The van der Waals surface area contributed by atoms with Gasteiger partial charge in [-0.05, 0) is 37.1 Å². The highest BCUT2D eigenvalue weighted by Gasteiger charge is 2.37. The number of likely N-dealkylation sites (tertiary alicyclic amines) is 1. The van der Waals surface area contributed by atoms with Crippen molar-refractivity contribution in [1.29, 1.82) is 0 Å². The van der Waals surface area contributed by atoms with Crippen LogP contribution in [0.1, 0.15) is 23.4 Å². The van der Waals surface area contributed by atoms with Crippen LogP contribution in [0.5, 0.6) is 0 Å². The van der Waals surface area contributed by atoms with Gasteiger partial charge in [-0.1, -0.05) is 23.7 Å². The van der Waals surface area contributed by atoms with Crippen molar-refractivity contribution in [2.75, 3.05) is 25.5 Å². The number of hydrogen-bond donors (Lipinski definition) is 1. The Bertz CT molecular complexity index is 837. The van der Waals surface area contributed by atoms with Crippen LogP contribution in [0, 0.1) is 0 Å². The molecule has 1 atom stereocenters. The molecule has 1 unspecified atom stereocenters. The van der Waals surface area contributed by atoms with Gasteiger partial charge in [0.25, 0.3) is 5.91 Å². The first-order chi connectivity index (χ1) is 13.0. The average molecular weight is 390 g/mol. The molecule has 8 heteroatoms. The van der Waals surface area contributed by atoms with Crippen LogP contribution in [-0.4, -0.2) is 53.7 Å². The summed E-state index contributed by atoms with van der Waals surface area (Å²) in [6.07, 6.45) is 2.70. The molecule has 0 saturated carbocycles. The summed E-state index contributed by atoms with van der Waals surface area (Å²) in [6.45, 7) is 0.346. The van der Waals surface area contributed by atoms with E-state index in [4.69, 9.17) is 16.0 Å². The van der Waals surface area contributed by atoms with Crippen molar-refractivity contribution in [1.82, 2.24) is 9.80 Å². The second kappa shape index (κ2) is 8.26. The molecule has 3 rings (SSSR count). The van der Waals surface area contributed by atoms with E-state index in [0.29, 0.717) is 23.7 Å². The zero-order chi connectivity index (χ0) is 19.4. The summed E-state index contributed by atoms with van der Waals surface area (Å²) in [4.78, 5) is 40.4. The van der Waals surface area contributed by atoms with E-state index in [1.54, 1.807) is 43.4 Å². The van der Waals surface area contributed by atoms with Gasteiger partial charge in [0.2, 0.25) is 11.8 Å². The molecule has 1 aromatic heterocycles. The number of carbonyl (C=O) groups is 3. The van der Waals surface area contributed by atoms with Gasteiger partial charge < -0.3 is 19.5 Å². The van der Waals surface area contributed by atoms with E-state index in [1.165, 1.54) is 16.1 Å². The van der Waals surface area contributed by atoms with Crippen LogP contribution in [0.4, 0.5) is 5.69 Å². The number of likely N-dealkylation sites (N-methyl/N-ethyl adjacent to an activating group) is 1. The summed E-state index contributed by atoms with van der Waals surface area (Å²) in [5.41, 5.74) is 0.487. The fourth-order valence-corrected chi connectivity index (χ4v) is 3.29. The minimum absolute atomic E-state index is 0.136. The molecule has 3 amide bonds. The molecule has 0 aliphatic carbocycles. The van der Waals surface area contributed by atoms with Gasteiger partial charge >= 0.3 is 0 Å². The molecule has 142 valence electrons. The number of carbonyl (C=O) groups excluding carboxylic acids is 3. The molecule has 0 spiro atoms. The van der Waals surface area contributed by atoms with Gasteiger partial charge in [-0.3, -0.25) is 14.4 Å². The third kappa shape index (κ3) is 4.31. The standard InChI is InChI=1S/C19H20ClN3O4/c1-22(12-17(24)21-14-7-3-2-6-13(14)20)18(25)15-8-4-10-23(15)19(26)16-9-5-11-27-16/h2-3,5-7,9,11,15H,4,8,10,12H2,1H3,(H,21,24). The van der Waals surface area contributed by atoms with E-state index in [9.17, 15) is 14.4 Å². The summed E-state index contributed by atoms with van der Waals surface area (Å²) in [6, 6.07) is 9.48. The third-order valence-corrected chi connectivity index (χ3v) is 4.77. The molecule has 7 nitrogen and oxygen atoms in total. The lowest BCUT2D eigenvalue weighted by atomic mass is 10.2. The van der Waals surface area contributed by atoms with Crippen LogP contribution in [0.15, 0.2) is 47.1 Å². The van der Waals surface area contributed by atoms with Gasteiger partial charge in [0.1, 0.15) is 6.04 Å². The summed E-state index contributed by atoms with van der Waals surface area (Å²) in [5.74, 6) is -0.749. The van der Waals surface area contributed by atoms with E-state index in [1.807, 2.05) is 0 Å². The summed E-state index contributed by atoms with van der Waals surface area (Å²) >= 11 is 6.03. The Morgan fingerprint density at radius 2 is 2.04 bits per heavy atom. The number of nitrogens with zero attached hydrogens (tertiary/aromatic N) is 2. The van der Waals surface area contributed by atoms with Gasteiger partial charge in [-0.25, -0.2) is 0 Å². The molecule has 1 aromatic carbocycles. The van der Waals surface area contributed by atoms with Crippen molar-refractivity contribution >= 4 is 35.0 Å². The fraction of sp³-hybridized carbons (Fsp3) is 0.316. The second-order valence-corrected chi connectivity index (χ2v) is 6.76. The van der Waals surface area contributed by atoms with Gasteiger partial charge in [0.15, 0.2) is 5.76 Å². The highest BCUT2D eigenvalue weighted by Crippen LogP contribution is 2.23. The Hall–Kier alpha value is -2.80. The van der Waals surface area contributed by atoms with E-state index >= 15 is 0 Å². The fourth-order valence-electron chi connectivity index (χ4n) is 3.11. The first-order valence-corrected chi connectivity index (χ1v) is 8.99. The molecule has 1 aliphatic heterocycles. The predicted molar refractivity (Wildman–Crippen MR) is 100 cm³/mol. The number of anilines is 1. The smallest absolute Gasteiger partial charge is 0.290 e. The summed E-state index contributed by atoms with van der Waals surface area (Å²) in [7, 11) is 1.54. The minimum atomic E-state index is -0.597. The van der Waals surface area contributed by atoms with Gasteiger partial charge in [-0.15, -0.1) is 0 Å². The second-order valence-electron chi connectivity index (χ2n) is 6.36. The lowest BCUT2D eigenvalue weighted by Gasteiger charge is -2.27. The number of amides is 3. The van der Waals surface area contributed by atoms with Crippen LogP contribution in [-0.2, 0) is 9.59 Å². The number of halogens is 1. The molecule has 0 radical (unpaired) electrons. The maximum atomic E-state index is 12.8. The molecule has 2 aromatic rings. The van der Waals surface area contributed by atoms with E-state index < -0.39 is 6.04 Å². The first kappa shape index (κ1) is 19.0. The van der Waals surface area contributed by atoms with Crippen molar-refractivity contribution < 1.29 is 18.8 Å². The van der Waals surface area contributed by atoms with Crippen molar-refractivity contribution in [2.24, 2.45) is 0 Å². The van der Waals surface area contributed by atoms with E-state index in [2.05, 4.69) is 5.32 Å². The molecule has 1 fully saturated rings. The van der Waals surface area contributed by atoms with Crippen LogP contribution in [0.2, 0.25) is 5.02 Å². The Morgan fingerprint density at radius 3 is 2.74 bits per heavy atom. The Balaban J connectivity index is 1.61. The summed E-state index contributed by atoms with van der Waals surface area (Å²) in [5, 5.41) is 3.10. The lowest BCUT2D eigenvalue weighted by molar-refractivity contribution is -0.136. The lowest BCUT2D eigenvalue weighted by Crippen LogP contribution is -2.48. The third-order valence-electron chi connectivity index (χ3n) is 4.44. The monoisotopic (exact) mass is 389 g/mol. The Kier molecular flexibility index (Phi) is 5.81. The van der Waals surface area contributed by atoms with E-state index in [-0.39, 0.29) is 30.0 Å². The zero-order valence-electron chi connectivity index (χ0n) is 14.9. The van der Waals surface area contributed by atoms with Crippen molar-refractivity contribution in [3.8, 4) is 0 Å². The van der Waals surface area contributed by atoms with Crippen LogP contribution >= 0.6 is 11.6 Å². The van der Waals surface area contributed by atoms with Crippen LogP contribution in [0.3, 0.4) is 0 Å². The number of hydrogen-bond acceptors (Lipinski definition) is 4. The van der Waals surface area contributed by atoms with Gasteiger partial charge in [-0.2, -0.15) is 0 Å². The van der Waals surface area contributed by atoms with Crippen molar-refractivity contribution in [3.63, 3.8) is 0 Å². The predicted octanol–water partition coefficient (Wildman–Crippen LogP) is 2.63. The number of benzene rings is 1. The maximum Gasteiger partial charge on any atom is 0.290 e. The van der Waals surface area contributed by atoms with Crippen molar-refractivity contribution in [3.05, 3.63) is 53.4 Å². The van der Waals surface area contributed by atoms with Gasteiger partial charge in [0, 0.05) is 13.6 Å². The molecule has 1 saturated heterocycles. The van der Waals surface area contributed by atoms with Crippen molar-refractivity contribution in [2.45, 2.75) is 18.9 Å². The molecule has 2 heterocycles. The number of nitrogens with one attached hydrogen (secondary N) is 1. The Morgan fingerprint density at radius 1 is 1.26 bits per heavy atom.